The van der Waals surface area contributed by atoms with Gasteiger partial charge in [0, 0.05) is 12.6 Å². The number of aliphatic carboxylic acids is 1. The van der Waals surface area contributed by atoms with Crippen molar-refractivity contribution in [1.29, 1.82) is 0 Å². The van der Waals surface area contributed by atoms with Crippen LogP contribution in [0.25, 0.3) is 0 Å². The molecule has 0 aromatic rings. The van der Waals surface area contributed by atoms with Gasteiger partial charge in [-0.3, -0.25) is 4.79 Å². The van der Waals surface area contributed by atoms with Crippen molar-refractivity contribution in [1.82, 2.24) is 5.32 Å². The van der Waals surface area contributed by atoms with Crippen molar-refractivity contribution in [3.63, 3.8) is 0 Å². The van der Waals surface area contributed by atoms with Crippen molar-refractivity contribution in [3.8, 4) is 0 Å². The van der Waals surface area contributed by atoms with Gasteiger partial charge in [0.05, 0.1) is 16.9 Å². The number of carbonyl (C=O) groups is 1. The van der Waals surface area contributed by atoms with E-state index in [0.717, 1.165) is 32.1 Å². The molecule has 1 saturated heterocycles. The van der Waals surface area contributed by atoms with E-state index < -0.39 is 15.8 Å². The summed E-state index contributed by atoms with van der Waals surface area (Å²) in [6.07, 6.45) is 4.74. The summed E-state index contributed by atoms with van der Waals surface area (Å²) in [6.45, 7) is 0.485. The Morgan fingerprint density at radius 2 is 2.00 bits per heavy atom. The predicted molar refractivity (Wildman–Crippen MR) is 68.2 cm³/mol. The van der Waals surface area contributed by atoms with Gasteiger partial charge in [0.2, 0.25) is 0 Å². The van der Waals surface area contributed by atoms with Crippen LogP contribution in [0.15, 0.2) is 0 Å². The second-order valence-corrected chi connectivity index (χ2v) is 7.84. The van der Waals surface area contributed by atoms with E-state index in [1.807, 2.05) is 0 Å². The van der Waals surface area contributed by atoms with Crippen LogP contribution in [0, 0.1) is 5.92 Å². The Bertz CT molecular complexity index is 406. The first-order chi connectivity index (χ1) is 8.49. The average molecular weight is 275 g/mol. The predicted octanol–water partition coefficient (Wildman–Crippen LogP) is 0.797. The van der Waals surface area contributed by atoms with Crippen LogP contribution in [0.2, 0.25) is 0 Å². The van der Waals surface area contributed by atoms with Gasteiger partial charge in [-0.2, -0.15) is 0 Å². The maximum absolute atomic E-state index is 11.7. The van der Waals surface area contributed by atoms with E-state index in [2.05, 4.69) is 5.32 Å². The van der Waals surface area contributed by atoms with E-state index in [4.69, 9.17) is 5.11 Å². The molecule has 3 unspecified atom stereocenters. The first kappa shape index (κ1) is 13.8. The number of rotatable bonds is 4. The molecule has 1 heterocycles. The minimum absolute atomic E-state index is 0.163. The fraction of sp³-hybridized carbons (Fsp3) is 0.917. The molecule has 18 heavy (non-hydrogen) atoms. The molecule has 3 atom stereocenters. The molecule has 104 valence electrons. The topological polar surface area (TPSA) is 83.5 Å². The van der Waals surface area contributed by atoms with Crippen LogP contribution in [0.3, 0.4) is 0 Å². The van der Waals surface area contributed by atoms with Gasteiger partial charge in [-0.15, -0.1) is 0 Å². The van der Waals surface area contributed by atoms with E-state index in [0.29, 0.717) is 18.7 Å². The third-order valence-electron chi connectivity index (χ3n) is 4.12. The van der Waals surface area contributed by atoms with Crippen molar-refractivity contribution in [3.05, 3.63) is 0 Å². The van der Waals surface area contributed by atoms with Crippen LogP contribution in [0.1, 0.15) is 38.5 Å². The normalized spacial score (nSPS) is 35.4. The second kappa shape index (κ2) is 5.57. The number of hydrogen-bond acceptors (Lipinski definition) is 4. The lowest BCUT2D eigenvalue weighted by Crippen LogP contribution is -2.41. The third-order valence-corrected chi connectivity index (χ3v) is 6.40. The molecule has 0 aromatic carbocycles. The average Bonchev–Trinajstić information content (AvgIpc) is 2.66. The third kappa shape index (κ3) is 3.23. The van der Waals surface area contributed by atoms with Crippen LogP contribution in [0.4, 0.5) is 0 Å². The smallest absolute Gasteiger partial charge is 0.306 e. The molecule has 1 aliphatic carbocycles. The zero-order chi connectivity index (χ0) is 13.2. The number of nitrogens with one attached hydrogen (secondary N) is 1. The molecule has 1 saturated carbocycles. The minimum Gasteiger partial charge on any atom is -0.481 e. The van der Waals surface area contributed by atoms with Crippen LogP contribution in [0.5, 0.6) is 0 Å². The van der Waals surface area contributed by atoms with Crippen LogP contribution < -0.4 is 5.32 Å². The zero-order valence-corrected chi connectivity index (χ0v) is 11.3. The summed E-state index contributed by atoms with van der Waals surface area (Å²) in [5.74, 6) is -0.687. The highest BCUT2D eigenvalue weighted by Crippen LogP contribution is 2.25. The van der Waals surface area contributed by atoms with Gasteiger partial charge in [-0.25, -0.2) is 8.42 Å². The van der Waals surface area contributed by atoms with Gasteiger partial charge in [0.15, 0.2) is 9.84 Å². The molecule has 0 spiro atoms. The Balaban J connectivity index is 1.81. The highest BCUT2D eigenvalue weighted by molar-refractivity contribution is 7.92. The Kier molecular flexibility index (Phi) is 4.27. The second-order valence-electron chi connectivity index (χ2n) is 5.44. The molecule has 2 N–H and O–H groups in total. The van der Waals surface area contributed by atoms with Crippen molar-refractivity contribution >= 4 is 15.8 Å². The van der Waals surface area contributed by atoms with Gasteiger partial charge in [0.1, 0.15) is 0 Å². The fourth-order valence-electron chi connectivity index (χ4n) is 2.99. The Hall–Kier alpha value is -0.620. The minimum atomic E-state index is -2.90. The highest BCUT2D eigenvalue weighted by atomic mass is 32.2. The van der Waals surface area contributed by atoms with E-state index in [9.17, 15) is 13.2 Å². The van der Waals surface area contributed by atoms with Gasteiger partial charge in [-0.1, -0.05) is 6.42 Å². The van der Waals surface area contributed by atoms with Crippen LogP contribution in [-0.4, -0.2) is 43.1 Å². The largest absolute Gasteiger partial charge is 0.481 e. The van der Waals surface area contributed by atoms with Gasteiger partial charge < -0.3 is 10.4 Å². The van der Waals surface area contributed by atoms with E-state index in [-0.39, 0.29) is 17.2 Å². The summed E-state index contributed by atoms with van der Waals surface area (Å²) in [5.41, 5.74) is 0. The molecule has 0 aromatic heterocycles. The Morgan fingerprint density at radius 3 is 2.61 bits per heavy atom. The summed E-state index contributed by atoms with van der Waals surface area (Å²) in [7, 11) is -2.90. The first-order valence-corrected chi connectivity index (χ1v) is 8.38. The number of sulfone groups is 1. The van der Waals surface area contributed by atoms with Gasteiger partial charge in [-0.05, 0) is 32.1 Å². The fourth-order valence-corrected chi connectivity index (χ4v) is 4.76. The maximum atomic E-state index is 11.7. The van der Waals surface area contributed by atoms with Crippen molar-refractivity contribution in [2.75, 3.05) is 12.3 Å². The lowest BCUT2D eigenvalue weighted by atomic mass is 9.86. The molecule has 2 fully saturated rings. The van der Waals surface area contributed by atoms with E-state index in [1.54, 1.807) is 0 Å². The molecule has 1 aliphatic heterocycles. The summed E-state index contributed by atoms with van der Waals surface area (Å²) < 4.78 is 23.3. The lowest BCUT2D eigenvalue weighted by Gasteiger charge is -2.28. The number of carboxylic acids is 1. The summed E-state index contributed by atoms with van der Waals surface area (Å²) in [5, 5.41) is 12.0. The molecule has 0 amide bonds. The molecule has 0 radical (unpaired) electrons. The van der Waals surface area contributed by atoms with E-state index >= 15 is 0 Å². The highest BCUT2D eigenvalue weighted by Gasteiger charge is 2.32. The van der Waals surface area contributed by atoms with Crippen LogP contribution >= 0.6 is 0 Å². The monoisotopic (exact) mass is 275 g/mol. The summed E-state index contributed by atoms with van der Waals surface area (Å²) >= 11 is 0. The lowest BCUT2D eigenvalue weighted by molar-refractivity contribution is -0.143. The molecular formula is C12H21NO4S. The van der Waals surface area contributed by atoms with Gasteiger partial charge >= 0.3 is 5.97 Å². The van der Waals surface area contributed by atoms with Crippen LogP contribution in [-0.2, 0) is 14.6 Å². The first-order valence-electron chi connectivity index (χ1n) is 6.67. The van der Waals surface area contributed by atoms with E-state index in [1.165, 1.54) is 0 Å². The standard InChI is InChI=1S/C12H21NO4S/c14-12(15)9-3-1-4-10(7-9)13-8-11-5-2-6-18(11,16)17/h9-11,13H,1-8H2,(H,14,15). The molecule has 5 nitrogen and oxygen atoms in total. The number of hydrogen-bond donors (Lipinski definition) is 2. The van der Waals surface area contributed by atoms with Gasteiger partial charge in [0.25, 0.3) is 0 Å². The quantitative estimate of drug-likeness (QED) is 0.793. The summed E-state index contributed by atoms with van der Waals surface area (Å²) in [6, 6.07) is 0.163. The maximum Gasteiger partial charge on any atom is 0.306 e. The summed E-state index contributed by atoms with van der Waals surface area (Å²) in [4.78, 5) is 10.9. The Labute approximate surface area is 108 Å². The molecular weight excluding hydrogens is 254 g/mol. The van der Waals surface area contributed by atoms with Crippen molar-refractivity contribution < 1.29 is 18.3 Å². The van der Waals surface area contributed by atoms with Crippen molar-refractivity contribution in [2.45, 2.75) is 49.8 Å². The zero-order valence-electron chi connectivity index (χ0n) is 10.5. The molecule has 6 heteroatoms. The van der Waals surface area contributed by atoms with Crippen molar-refractivity contribution in [2.24, 2.45) is 5.92 Å². The molecule has 0 bridgehead atoms. The molecule has 2 rings (SSSR count). The molecule has 2 aliphatic rings. The Morgan fingerprint density at radius 1 is 1.22 bits per heavy atom. The number of carboxylic acid groups (broad SMARTS) is 1. The SMILES string of the molecule is O=C(O)C1CCCC(NCC2CCCS2(=O)=O)C1.